The summed E-state index contributed by atoms with van der Waals surface area (Å²) in [5.74, 6) is 0. The lowest BCUT2D eigenvalue weighted by molar-refractivity contribution is 0.112. The fourth-order valence-corrected chi connectivity index (χ4v) is 2.45. The van der Waals surface area contributed by atoms with Gasteiger partial charge in [0.2, 0.25) is 0 Å². The number of carbonyl (C=O) groups excluding carboxylic acids is 1. The Morgan fingerprint density at radius 2 is 1.76 bits per heavy atom. The standard InChI is InChI=1S/C14H14BrNO/c1-9-13(8-17)10(2)16(3)14(9)11-4-6-12(15)7-5-11/h4-8H,1-3H3. The van der Waals surface area contributed by atoms with Gasteiger partial charge in [-0.1, -0.05) is 28.1 Å². The molecule has 1 aromatic heterocycles. The second-order valence-corrected chi connectivity index (χ2v) is 5.07. The molecule has 0 saturated heterocycles. The zero-order chi connectivity index (χ0) is 12.6. The van der Waals surface area contributed by atoms with Gasteiger partial charge in [0, 0.05) is 22.8 Å². The highest BCUT2D eigenvalue weighted by atomic mass is 79.9. The predicted molar refractivity (Wildman–Crippen MR) is 73.4 cm³/mol. The molecule has 3 heteroatoms. The fourth-order valence-electron chi connectivity index (χ4n) is 2.19. The van der Waals surface area contributed by atoms with Gasteiger partial charge < -0.3 is 4.57 Å². The minimum atomic E-state index is 0.797. The minimum Gasteiger partial charge on any atom is -0.347 e. The molecule has 0 radical (unpaired) electrons. The zero-order valence-electron chi connectivity index (χ0n) is 10.1. The Labute approximate surface area is 109 Å². The fraction of sp³-hybridized carbons (Fsp3) is 0.214. The van der Waals surface area contributed by atoms with Crippen molar-refractivity contribution in [1.82, 2.24) is 4.57 Å². The molecule has 2 nitrogen and oxygen atoms in total. The molecule has 2 aromatic rings. The molecule has 2 rings (SSSR count). The number of nitrogens with zero attached hydrogens (tertiary/aromatic N) is 1. The van der Waals surface area contributed by atoms with Crippen LogP contribution in [-0.2, 0) is 7.05 Å². The van der Waals surface area contributed by atoms with Crippen LogP contribution in [0, 0.1) is 13.8 Å². The Kier molecular flexibility index (Phi) is 3.20. The van der Waals surface area contributed by atoms with Crippen LogP contribution in [-0.4, -0.2) is 10.9 Å². The van der Waals surface area contributed by atoms with Crippen molar-refractivity contribution >= 4 is 22.2 Å². The van der Waals surface area contributed by atoms with Crippen LogP contribution in [0.1, 0.15) is 21.6 Å². The van der Waals surface area contributed by atoms with Gasteiger partial charge in [-0.2, -0.15) is 0 Å². The summed E-state index contributed by atoms with van der Waals surface area (Å²) in [6, 6.07) is 8.14. The average Bonchev–Trinajstić information content (AvgIpc) is 2.52. The zero-order valence-corrected chi connectivity index (χ0v) is 11.7. The summed E-state index contributed by atoms with van der Waals surface area (Å²) in [6.07, 6.45) is 0.938. The molecular weight excluding hydrogens is 278 g/mol. The van der Waals surface area contributed by atoms with E-state index in [4.69, 9.17) is 0 Å². The Morgan fingerprint density at radius 1 is 1.18 bits per heavy atom. The van der Waals surface area contributed by atoms with Gasteiger partial charge in [0.05, 0.1) is 5.69 Å². The van der Waals surface area contributed by atoms with Crippen LogP contribution in [0.3, 0.4) is 0 Å². The molecule has 0 spiro atoms. The van der Waals surface area contributed by atoms with Gasteiger partial charge in [0.15, 0.2) is 6.29 Å². The molecule has 0 aliphatic heterocycles. The summed E-state index contributed by atoms with van der Waals surface area (Å²) in [5.41, 5.74) is 5.09. The van der Waals surface area contributed by atoms with Crippen molar-refractivity contribution in [3.63, 3.8) is 0 Å². The topological polar surface area (TPSA) is 22.0 Å². The normalized spacial score (nSPS) is 10.6. The summed E-state index contributed by atoms with van der Waals surface area (Å²) in [7, 11) is 1.99. The summed E-state index contributed by atoms with van der Waals surface area (Å²) in [5, 5.41) is 0. The minimum absolute atomic E-state index is 0.797. The van der Waals surface area contributed by atoms with E-state index < -0.39 is 0 Å². The largest absolute Gasteiger partial charge is 0.347 e. The van der Waals surface area contributed by atoms with Gasteiger partial charge in [0.25, 0.3) is 0 Å². The third kappa shape index (κ3) is 1.95. The van der Waals surface area contributed by atoms with Crippen molar-refractivity contribution in [3.05, 3.63) is 45.6 Å². The lowest BCUT2D eigenvalue weighted by Gasteiger charge is -2.06. The number of aldehydes is 1. The van der Waals surface area contributed by atoms with Gasteiger partial charge in [-0.05, 0) is 37.1 Å². The molecular formula is C14H14BrNO. The van der Waals surface area contributed by atoms with Crippen molar-refractivity contribution in [2.24, 2.45) is 7.05 Å². The van der Waals surface area contributed by atoms with Crippen LogP contribution in [0.25, 0.3) is 11.3 Å². The number of hydrogen-bond acceptors (Lipinski definition) is 1. The first-order chi connectivity index (χ1) is 8.06. The highest BCUT2D eigenvalue weighted by molar-refractivity contribution is 9.10. The maximum absolute atomic E-state index is 11.1. The molecule has 0 N–H and O–H groups in total. The van der Waals surface area contributed by atoms with Crippen molar-refractivity contribution in [2.75, 3.05) is 0 Å². The van der Waals surface area contributed by atoms with Crippen molar-refractivity contribution < 1.29 is 4.79 Å². The van der Waals surface area contributed by atoms with Gasteiger partial charge in [-0.15, -0.1) is 0 Å². The number of benzene rings is 1. The molecule has 17 heavy (non-hydrogen) atoms. The van der Waals surface area contributed by atoms with Crippen LogP contribution >= 0.6 is 15.9 Å². The van der Waals surface area contributed by atoms with E-state index >= 15 is 0 Å². The summed E-state index contributed by atoms with van der Waals surface area (Å²) >= 11 is 3.43. The molecule has 0 aliphatic carbocycles. The van der Waals surface area contributed by atoms with Crippen molar-refractivity contribution in [2.45, 2.75) is 13.8 Å². The highest BCUT2D eigenvalue weighted by Crippen LogP contribution is 2.29. The first kappa shape index (κ1) is 12.1. The van der Waals surface area contributed by atoms with E-state index in [2.05, 4.69) is 32.6 Å². The summed E-state index contributed by atoms with van der Waals surface area (Å²) in [4.78, 5) is 11.1. The molecule has 1 heterocycles. The maximum Gasteiger partial charge on any atom is 0.152 e. The van der Waals surface area contributed by atoms with Gasteiger partial charge in [0.1, 0.15) is 0 Å². The Hall–Kier alpha value is -1.35. The second kappa shape index (κ2) is 4.49. The Bertz CT molecular complexity index is 567. The van der Waals surface area contributed by atoms with Crippen molar-refractivity contribution in [1.29, 1.82) is 0 Å². The van der Waals surface area contributed by atoms with E-state index in [1.54, 1.807) is 0 Å². The molecule has 0 amide bonds. The summed E-state index contributed by atoms with van der Waals surface area (Å²) < 4.78 is 3.13. The number of halogens is 1. The first-order valence-corrected chi connectivity index (χ1v) is 6.22. The van der Waals surface area contributed by atoms with Crippen LogP contribution in [0.2, 0.25) is 0 Å². The molecule has 1 aromatic carbocycles. The number of aromatic nitrogens is 1. The van der Waals surface area contributed by atoms with E-state index in [0.29, 0.717) is 0 Å². The van der Waals surface area contributed by atoms with E-state index in [0.717, 1.165) is 38.8 Å². The monoisotopic (exact) mass is 291 g/mol. The van der Waals surface area contributed by atoms with E-state index in [-0.39, 0.29) is 0 Å². The van der Waals surface area contributed by atoms with Gasteiger partial charge >= 0.3 is 0 Å². The van der Waals surface area contributed by atoms with Crippen LogP contribution < -0.4 is 0 Å². The quantitative estimate of drug-likeness (QED) is 0.770. The third-order valence-corrected chi connectivity index (χ3v) is 3.75. The molecule has 0 saturated carbocycles. The molecule has 0 unspecified atom stereocenters. The lowest BCUT2D eigenvalue weighted by atomic mass is 10.1. The molecule has 0 bridgehead atoms. The predicted octanol–water partition coefficient (Wildman–Crippen LogP) is 3.88. The van der Waals surface area contributed by atoms with Crippen LogP contribution in [0.4, 0.5) is 0 Å². The average molecular weight is 292 g/mol. The summed E-state index contributed by atoms with van der Waals surface area (Å²) in [6.45, 7) is 3.97. The van der Waals surface area contributed by atoms with E-state index in [9.17, 15) is 4.79 Å². The van der Waals surface area contributed by atoms with Crippen LogP contribution in [0.15, 0.2) is 28.7 Å². The maximum atomic E-state index is 11.1. The molecule has 88 valence electrons. The number of rotatable bonds is 2. The lowest BCUT2D eigenvalue weighted by Crippen LogP contribution is -1.94. The second-order valence-electron chi connectivity index (χ2n) is 4.16. The number of carbonyl (C=O) groups is 1. The van der Waals surface area contributed by atoms with Gasteiger partial charge in [-0.25, -0.2) is 0 Å². The smallest absolute Gasteiger partial charge is 0.152 e. The van der Waals surface area contributed by atoms with Crippen LogP contribution in [0.5, 0.6) is 0 Å². The Balaban J connectivity index is 2.67. The number of hydrogen-bond donors (Lipinski definition) is 0. The Morgan fingerprint density at radius 3 is 2.24 bits per heavy atom. The van der Waals surface area contributed by atoms with E-state index in [1.165, 1.54) is 0 Å². The molecule has 0 fully saturated rings. The molecule has 0 atom stereocenters. The first-order valence-electron chi connectivity index (χ1n) is 5.43. The highest BCUT2D eigenvalue weighted by Gasteiger charge is 2.15. The van der Waals surface area contributed by atoms with E-state index in [1.807, 2.05) is 33.0 Å². The molecule has 0 aliphatic rings. The third-order valence-electron chi connectivity index (χ3n) is 3.22. The SMILES string of the molecule is Cc1c(C=O)c(C)n(C)c1-c1ccc(Br)cc1. The van der Waals surface area contributed by atoms with Crippen molar-refractivity contribution in [3.8, 4) is 11.3 Å². The van der Waals surface area contributed by atoms with Gasteiger partial charge in [-0.3, -0.25) is 4.79 Å².